The lowest BCUT2D eigenvalue weighted by atomic mass is 9.85. The standard InChI is InChI=1S/C18H16ClF3O4/c1-2-26-17(25)12-7-13(19)15(14(23)8-12)16(24)11-5-3-10(4-6-11)9-18(20,21)22/h3-6,12H,2,7-9H2,1H3. The van der Waals surface area contributed by atoms with Crippen LogP contribution in [0.4, 0.5) is 13.2 Å². The zero-order valence-corrected chi connectivity index (χ0v) is 14.6. The molecule has 1 aliphatic rings. The summed E-state index contributed by atoms with van der Waals surface area (Å²) in [5.74, 6) is -2.53. The van der Waals surface area contributed by atoms with Gasteiger partial charge in [-0.1, -0.05) is 35.9 Å². The first-order valence-electron chi connectivity index (χ1n) is 7.91. The fourth-order valence-electron chi connectivity index (χ4n) is 2.69. The number of allylic oxidation sites excluding steroid dienone is 2. The molecule has 0 bridgehead atoms. The number of carbonyl (C=O) groups is 3. The molecule has 0 radical (unpaired) electrons. The van der Waals surface area contributed by atoms with Gasteiger partial charge in [-0.15, -0.1) is 0 Å². The highest BCUT2D eigenvalue weighted by molar-refractivity contribution is 6.39. The van der Waals surface area contributed by atoms with E-state index in [2.05, 4.69) is 0 Å². The average molecular weight is 389 g/mol. The number of rotatable bonds is 5. The Morgan fingerprint density at radius 1 is 1.19 bits per heavy atom. The van der Waals surface area contributed by atoms with Crippen LogP contribution >= 0.6 is 11.6 Å². The number of Topliss-reactive ketones (excluding diaryl/α,β-unsaturated/α-hetero) is 2. The van der Waals surface area contributed by atoms with Crippen molar-refractivity contribution >= 4 is 29.1 Å². The van der Waals surface area contributed by atoms with E-state index in [1.54, 1.807) is 6.92 Å². The van der Waals surface area contributed by atoms with Crippen LogP contribution in [-0.4, -0.2) is 30.3 Å². The Morgan fingerprint density at radius 3 is 2.31 bits per heavy atom. The van der Waals surface area contributed by atoms with Gasteiger partial charge in [0.05, 0.1) is 24.5 Å². The molecule has 0 aromatic heterocycles. The molecular weight excluding hydrogens is 373 g/mol. The molecule has 4 nitrogen and oxygen atoms in total. The van der Waals surface area contributed by atoms with Gasteiger partial charge < -0.3 is 4.74 Å². The third kappa shape index (κ3) is 4.94. The molecule has 1 unspecified atom stereocenters. The molecule has 0 aliphatic heterocycles. The quantitative estimate of drug-likeness (QED) is 0.434. The molecular formula is C18H16ClF3O4. The molecule has 0 fully saturated rings. The van der Waals surface area contributed by atoms with Gasteiger partial charge in [-0.25, -0.2) is 0 Å². The minimum Gasteiger partial charge on any atom is -0.466 e. The molecule has 1 aromatic carbocycles. The first kappa shape index (κ1) is 20.2. The first-order valence-corrected chi connectivity index (χ1v) is 8.29. The zero-order valence-electron chi connectivity index (χ0n) is 13.9. The van der Waals surface area contributed by atoms with Gasteiger partial charge in [0.15, 0.2) is 11.6 Å². The molecule has 0 saturated carbocycles. The molecule has 1 atom stereocenters. The normalized spacial score (nSPS) is 18.0. The zero-order chi connectivity index (χ0) is 19.5. The highest BCUT2D eigenvalue weighted by atomic mass is 35.5. The van der Waals surface area contributed by atoms with Crippen molar-refractivity contribution < 1.29 is 32.3 Å². The van der Waals surface area contributed by atoms with E-state index in [0.29, 0.717) is 0 Å². The largest absolute Gasteiger partial charge is 0.466 e. The smallest absolute Gasteiger partial charge is 0.393 e. The SMILES string of the molecule is CCOC(=O)C1CC(=O)C(C(=O)c2ccc(CC(F)(F)F)cc2)=C(Cl)C1. The summed E-state index contributed by atoms with van der Waals surface area (Å²) in [5, 5.41) is -0.0383. The van der Waals surface area contributed by atoms with Crippen LogP contribution in [0.1, 0.15) is 35.7 Å². The van der Waals surface area contributed by atoms with Crippen LogP contribution in [0, 0.1) is 5.92 Å². The maximum absolute atomic E-state index is 12.5. The molecule has 140 valence electrons. The van der Waals surface area contributed by atoms with Gasteiger partial charge >= 0.3 is 12.1 Å². The molecule has 0 N–H and O–H groups in total. The van der Waals surface area contributed by atoms with E-state index < -0.39 is 36.1 Å². The number of benzene rings is 1. The van der Waals surface area contributed by atoms with Crippen molar-refractivity contribution in [3.63, 3.8) is 0 Å². The summed E-state index contributed by atoms with van der Waals surface area (Å²) in [5.41, 5.74) is -0.158. The predicted octanol–water partition coefficient (Wildman–Crippen LogP) is 4.01. The number of ether oxygens (including phenoxy) is 1. The molecule has 0 spiro atoms. The Morgan fingerprint density at radius 2 is 1.81 bits per heavy atom. The number of hydrogen-bond donors (Lipinski definition) is 0. The van der Waals surface area contributed by atoms with Crippen molar-refractivity contribution in [2.45, 2.75) is 32.4 Å². The molecule has 8 heteroatoms. The third-order valence-electron chi connectivity index (χ3n) is 3.88. The van der Waals surface area contributed by atoms with E-state index in [4.69, 9.17) is 16.3 Å². The molecule has 0 saturated heterocycles. The lowest BCUT2D eigenvalue weighted by Crippen LogP contribution is -2.28. The summed E-state index contributed by atoms with van der Waals surface area (Å²) < 4.78 is 42.0. The number of esters is 1. The Bertz CT molecular complexity index is 751. The van der Waals surface area contributed by atoms with Gasteiger partial charge in [-0.05, 0) is 18.9 Å². The number of alkyl halides is 3. The summed E-state index contributed by atoms with van der Waals surface area (Å²) in [6.07, 6.45) is -5.63. The lowest BCUT2D eigenvalue weighted by molar-refractivity contribution is -0.149. The topological polar surface area (TPSA) is 60.4 Å². The van der Waals surface area contributed by atoms with Crippen molar-refractivity contribution in [3.05, 3.63) is 46.0 Å². The first-order chi connectivity index (χ1) is 12.1. The summed E-state index contributed by atoms with van der Waals surface area (Å²) in [6, 6.07) is 4.82. The summed E-state index contributed by atoms with van der Waals surface area (Å²) in [7, 11) is 0. The number of halogens is 4. The molecule has 0 heterocycles. The van der Waals surface area contributed by atoms with E-state index in [9.17, 15) is 27.6 Å². The van der Waals surface area contributed by atoms with E-state index in [0.717, 1.165) is 0 Å². The molecule has 0 amide bonds. The van der Waals surface area contributed by atoms with Crippen LogP contribution in [0.2, 0.25) is 0 Å². The van der Waals surface area contributed by atoms with Crippen LogP contribution in [0.15, 0.2) is 34.9 Å². The molecule has 1 aliphatic carbocycles. The number of carbonyl (C=O) groups excluding carboxylic acids is 3. The molecule has 2 rings (SSSR count). The average Bonchev–Trinajstić information content (AvgIpc) is 2.53. The summed E-state index contributed by atoms with van der Waals surface area (Å²) >= 11 is 6.06. The van der Waals surface area contributed by atoms with Gasteiger partial charge in [0.2, 0.25) is 0 Å². The second-order valence-corrected chi connectivity index (χ2v) is 6.33. The van der Waals surface area contributed by atoms with E-state index >= 15 is 0 Å². The van der Waals surface area contributed by atoms with Crippen molar-refractivity contribution in [2.75, 3.05) is 6.61 Å². The Labute approximate surface area is 153 Å². The minimum atomic E-state index is -4.35. The maximum atomic E-state index is 12.5. The highest BCUT2D eigenvalue weighted by Crippen LogP contribution is 2.32. The fraction of sp³-hybridized carbons (Fsp3) is 0.389. The van der Waals surface area contributed by atoms with Crippen molar-refractivity contribution in [2.24, 2.45) is 5.92 Å². The molecule has 1 aromatic rings. The summed E-state index contributed by atoms with van der Waals surface area (Å²) in [4.78, 5) is 36.5. The van der Waals surface area contributed by atoms with Gasteiger partial charge in [0, 0.05) is 17.0 Å². The van der Waals surface area contributed by atoms with E-state index in [1.807, 2.05) is 0 Å². The number of ketones is 2. The van der Waals surface area contributed by atoms with Crippen LogP contribution in [0.25, 0.3) is 0 Å². The van der Waals surface area contributed by atoms with Gasteiger partial charge in [-0.3, -0.25) is 14.4 Å². The van der Waals surface area contributed by atoms with Crippen LogP contribution in [0.3, 0.4) is 0 Å². The van der Waals surface area contributed by atoms with Gasteiger partial charge in [-0.2, -0.15) is 13.2 Å². The Hall–Kier alpha value is -2.15. The Balaban J connectivity index is 2.19. The van der Waals surface area contributed by atoms with Crippen LogP contribution < -0.4 is 0 Å². The second-order valence-electron chi connectivity index (χ2n) is 5.88. The monoisotopic (exact) mass is 388 g/mol. The highest BCUT2D eigenvalue weighted by Gasteiger charge is 2.35. The number of hydrogen-bond acceptors (Lipinski definition) is 4. The summed E-state index contributed by atoms with van der Waals surface area (Å²) in [6.45, 7) is 1.80. The Kier molecular flexibility index (Phi) is 6.23. The van der Waals surface area contributed by atoms with E-state index in [1.165, 1.54) is 24.3 Å². The van der Waals surface area contributed by atoms with Crippen molar-refractivity contribution in [1.29, 1.82) is 0 Å². The molecule has 26 heavy (non-hydrogen) atoms. The minimum absolute atomic E-state index is 0.00599. The van der Waals surface area contributed by atoms with Crippen LogP contribution in [0.5, 0.6) is 0 Å². The second kappa shape index (κ2) is 8.03. The predicted molar refractivity (Wildman–Crippen MR) is 87.8 cm³/mol. The van der Waals surface area contributed by atoms with Crippen molar-refractivity contribution in [3.8, 4) is 0 Å². The maximum Gasteiger partial charge on any atom is 0.393 e. The van der Waals surface area contributed by atoms with Crippen LogP contribution in [-0.2, 0) is 20.7 Å². The lowest BCUT2D eigenvalue weighted by Gasteiger charge is -2.21. The van der Waals surface area contributed by atoms with Crippen molar-refractivity contribution in [1.82, 2.24) is 0 Å². The third-order valence-corrected chi connectivity index (χ3v) is 4.22. The fourth-order valence-corrected chi connectivity index (χ4v) is 3.07. The van der Waals surface area contributed by atoms with E-state index in [-0.39, 0.29) is 41.2 Å². The van der Waals surface area contributed by atoms with Gasteiger partial charge in [0.25, 0.3) is 0 Å². The van der Waals surface area contributed by atoms with Gasteiger partial charge in [0.1, 0.15) is 0 Å².